The summed E-state index contributed by atoms with van der Waals surface area (Å²) in [6.07, 6.45) is 0.688. The first-order valence-corrected chi connectivity index (χ1v) is 4.61. The molecule has 0 fully saturated rings. The molecule has 0 N–H and O–H groups in total. The number of nitrogens with zero attached hydrogens (tertiary/aromatic N) is 1. The van der Waals surface area contributed by atoms with Crippen LogP contribution in [-0.4, -0.2) is 24.5 Å². The lowest BCUT2D eigenvalue weighted by Crippen LogP contribution is -2.01. The molecule has 1 aromatic rings. The lowest BCUT2D eigenvalue weighted by atomic mass is 10.2. The molecule has 0 aliphatic rings. The third-order valence-corrected chi connectivity index (χ3v) is 1.87. The van der Waals surface area contributed by atoms with E-state index in [1.54, 1.807) is 0 Å². The van der Waals surface area contributed by atoms with Crippen molar-refractivity contribution in [2.45, 2.75) is 6.42 Å². The van der Waals surface area contributed by atoms with E-state index in [9.17, 15) is 19.3 Å². The Bertz CT molecular complexity index is 394. The lowest BCUT2D eigenvalue weighted by Gasteiger charge is -2.06. The molecule has 0 atom stereocenters. The van der Waals surface area contributed by atoms with Crippen LogP contribution in [-0.2, 0) is 0 Å². The van der Waals surface area contributed by atoms with E-state index >= 15 is 0 Å². The van der Waals surface area contributed by atoms with E-state index in [2.05, 4.69) is 0 Å². The highest BCUT2D eigenvalue weighted by Crippen LogP contribution is 2.22. The van der Waals surface area contributed by atoms with Crippen molar-refractivity contribution in [1.82, 2.24) is 0 Å². The zero-order chi connectivity index (χ0) is 12.0. The van der Waals surface area contributed by atoms with Gasteiger partial charge >= 0.3 is 0 Å². The molecule has 0 aromatic heterocycles. The molecular formula is C10H10FNO4. The zero-order valence-corrected chi connectivity index (χ0v) is 8.39. The highest BCUT2D eigenvalue weighted by atomic mass is 19.1. The molecule has 0 unspecified atom stereocenters. The SMILES string of the molecule is O=Cc1cc([N+](=O)[O-])ccc1OCCCF. The molecular weight excluding hydrogens is 217 g/mol. The Morgan fingerprint density at radius 3 is 2.81 bits per heavy atom. The summed E-state index contributed by atoms with van der Waals surface area (Å²) in [6.45, 7) is -0.376. The summed E-state index contributed by atoms with van der Waals surface area (Å²) >= 11 is 0. The minimum absolute atomic E-state index is 0.0908. The number of nitro groups is 1. The van der Waals surface area contributed by atoms with Gasteiger partial charge in [0.25, 0.3) is 5.69 Å². The van der Waals surface area contributed by atoms with Gasteiger partial charge in [-0.25, -0.2) is 0 Å². The van der Waals surface area contributed by atoms with Gasteiger partial charge in [0.05, 0.1) is 23.8 Å². The maximum Gasteiger partial charge on any atom is 0.270 e. The minimum atomic E-state index is -0.599. The number of ether oxygens (including phenoxy) is 1. The summed E-state index contributed by atoms with van der Waals surface area (Å²) in [5, 5.41) is 10.4. The second-order valence-corrected chi connectivity index (χ2v) is 2.99. The largest absolute Gasteiger partial charge is 0.493 e. The van der Waals surface area contributed by atoms with E-state index in [1.165, 1.54) is 12.1 Å². The Labute approximate surface area is 91.0 Å². The average molecular weight is 227 g/mol. The molecule has 0 heterocycles. The van der Waals surface area contributed by atoms with Crippen molar-refractivity contribution in [1.29, 1.82) is 0 Å². The molecule has 0 saturated carbocycles. The van der Waals surface area contributed by atoms with Gasteiger partial charge < -0.3 is 4.74 Å². The summed E-state index contributed by atoms with van der Waals surface area (Å²) in [5.74, 6) is 0.231. The molecule has 5 nitrogen and oxygen atoms in total. The number of benzene rings is 1. The number of nitro benzene ring substituents is 1. The van der Waals surface area contributed by atoms with Crippen LogP contribution in [0.3, 0.4) is 0 Å². The Balaban J connectivity index is 2.84. The van der Waals surface area contributed by atoms with Gasteiger partial charge in [-0.2, -0.15) is 0 Å². The first-order valence-electron chi connectivity index (χ1n) is 4.61. The van der Waals surface area contributed by atoms with Crippen molar-refractivity contribution < 1.29 is 18.8 Å². The smallest absolute Gasteiger partial charge is 0.270 e. The second kappa shape index (κ2) is 5.79. The van der Waals surface area contributed by atoms with Crippen LogP contribution in [0.4, 0.5) is 10.1 Å². The summed E-state index contributed by atoms with van der Waals surface area (Å²) in [7, 11) is 0. The number of carbonyl (C=O) groups is 1. The summed E-state index contributed by atoms with van der Waals surface area (Å²) in [5.41, 5.74) is -0.0898. The van der Waals surface area contributed by atoms with Gasteiger partial charge in [-0.3, -0.25) is 19.3 Å². The topological polar surface area (TPSA) is 69.4 Å². The van der Waals surface area contributed by atoms with Gasteiger partial charge in [0.15, 0.2) is 6.29 Å². The summed E-state index contributed by atoms with van der Waals surface area (Å²) in [4.78, 5) is 20.5. The Kier molecular flexibility index (Phi) is 4.38. The van der Waals surface area contributed by atoms with Crippen molar-refractivity contribution in [2.75, 3.05) is 13.3 Å². The molecule has 0 saturated heterocycles. The first-order chi connectivity index (χ1) is 7.69. The molecule has 1 aromatic carbocycles. The van der Waals surface area contributed by atoms with Crippen molar-refractivity contribution in [3.63, 3.8) is 0 Å². The molecule has 0 bridgehead atoms. The summed E-state index contributed by atoms with van der Waals surface area (Å²) < 4.78 is 16.9. The maximum atomic E-state index is 11.8. The highest BCUT2D eigenvalue weighted by molar-refractivity contribution is 5.80. The van der Waals surface area contributed by atoms with Crippen molar-refractivity contribution in [3.05, 3.63) is 33.9 Å². The van der Waals surface area contributed by atoms with E-state index < -0.39 is 11.6 Å². The molecule has 6 heteroatoms. The Morgan fingerprint density at radius 1 is 1.50 bits per heavy atom. The number of hydrogen-bond donors (Lipinski definition) is 0. The fraction of sp³-hybridized carbons (Fsp3) is 0.300. The van der Waals surface area contributed by atoms with Crippen LogP contribution >= 0.6 is 0 Å². The average Bonchev–Trinajstić information content (AvgIpc) is 2.29. The summed E-state index contributed by atoms with van der Waals surface area (Å²) in [6, 6.07) is 3.69. The third kappa shape index (κ3) is 3.01. The number of alkyl halides is 1. The van der Waals surface area contributed by atoms with E-state index in [-0.39, 0.29) is 30.0 Å². The maximum absolute atomic E-state index is 11.8. The number of hydrogen-bond acceptors (Lipinski definition) is 4. The van der Waals surface area contributed by atoms with E-state index in [0.717, 1.165) is 6.07 Å². The van der Waals surface area contributed by atoms with Crippen LogP contribution < -0.4 is 4.74 Å². The molecule has 0 spiro atoms. The van der Waals surface area contributed by atoms with Crippen LogP contribution in [0.5, 0.6) is 5.75 Å². The number of carbonyl (C=O) groups excluding carboxylic acids is 1. The van der Waals surface area contributed by atoms with Crippen LogP contribution in [0.25, 0.3) is 0 Å². The molecule has 0 amide bonds. The van der Waals surface area contributed by atoms with Gasteiger partial charge in [0.2, 0.25) is 0 Å². The van der Waals surface area contributed by atoms with Crippen molar-refractivity contribution >= 4 is 12.0 Å². The number of halogens is 1. The predicted octanol–water partition coefficient (Wildman–Crippen LogP) is 2.15. The molecule has 1 rings (SSSR count). The fourth-order valence-electron chi connectivity index (χ4n) is 1.11. The third-order valence-electron chi connectivity index (χ3n) is 1.87. The second-order valence-electron chi connectivity index (χ2n) is 2.99. The lowest BCUT2D eigenvalue weighted by molar-refractivity contribution is -0.384. The Morgan fingerprint density at radius 2 is 2.25 bits per heavy atom. The zero-order valence-electron chi connectivity index (χ0n) is 8.39. The van der Waals surface area contributed by atoms with E-state index in [4.69, 9.17) is 4.74 Å². The van der Waals surface area contributed by atoms with Crippen molar-refractivity contribution in [3.8, 4) is 5.75 Å². The normalized spacial score (nSPS) is 9.81. The van der Waals surface area contributed by atoms with Gasteiger partial charge in [0.1, 0.15) is 5.75 Å². The number of aldehydes is 1. The van der Waals surface area contributed by atoms with Crippen LogP contribution in [0.1, 0.15) is 16.8 Å². The molecule has 16 heavy (non-hydrogen) atoms. The van der Waals surface area contributed by atoms with Gasteiger partial charge in [-0.1, -0.05) is 0 Å². The molecule has 86 valence electrons. The predicted molar refractivity (Wildman–Crippen MR) is 54.6 cm³/mol. The first kappa shape index (κ1) is 12.1. The quantitative estimate of drug-likeness (QED) is 0.323. The Hall–Kier alpha value is -1.98. The van der Waals surface area contributed by atoms with Crippen LogP contribution in [0, 0.1) is 10.1 Å². The number of non-ortho nitro benzene ring substituents is 1. The van der Waals surface area contributed by atoms with E-state index in [0.29, 0.717) is 6.29 Å². The van der Waals surface area contributed by atoms with Crippen molar-refractivity contribution in [2.24, 2.45) is 0 Å². The number of rotatable bonds is 6. The van der Waals surface area contributed by atoms with Gasteiger partial charge in [-0.15, -0.1) is 0 Å². The van der Waals surface area contributed by atoms with Gasteiger partial charge in [0, 0.05) is 18.6 Å². The molecule has 0 aliphatic heterocycles. The van der Waals surface area contributed by atoms with Gasteiger partial charge in [-0.05, 0) is 6.07 Å². The highest BCUT2D eigenvalue weighted by Gasteiger charge is 2.10. The molecule has 0 aliphatic carbocycles. The fourth-order valence-corrected chi connectivity index (χ4v) is 1.11. The van der Waals surface area contributed by atoms with Crippen LogP contribution in [0.2, 0.25) is 0 Å². The van der Waals surface area contributed by atoms with E-state index in [1.807, 2.05) is 0 Å². The van der Waals surface area contributed by atoms with Crippen LogP contribution in [0.15, 0.2) is 18.2 Å². The molecule has 0 radical (unpaired) electrons. The monoisotopic (exact) mass is 227 g/mol. The standard InChI is InChI=1S/C10H10FNO4/c11-4-1-5-16-10-3-2-9(12(14)15)6-8(10)7-13/h2-3,6-7H,1,4-5H2. The minimum Gasteiger partial charge on any atom is -0.493 e.